The third kappa shape index (κ3) is 3.61. The Kier molecular flexibility index (Phi) is 5.08. The Hall–Kier alpha value is -3.54. The predicted octanol–water partition coefficient (Wildman–Crippen LogP) is 1.15. The molecule has 0 spiro atoms. The minimum Gasteiger partial charge on any atom is -0.484 e. The molecule has 4 atom stereocenters. The molecule has 2 aliphatic rings. The number of carbonyl (C=O) groups excluding carboxylic acids is 1. The summed E-state index contributed by atoms with van der Waals surface area (Å²) in [7, 11) is 0. The van der Waals surface area contributed by atoms with Crippen molar-refractivity contribution < 1.29 is 14.3 Å². The molecule has 1 fully saturated rings. The van der Waals surface area contributed by atoms with E-state index in [4.69, 9.17) is 20.9 Å². The lowest BCUT2D eigenvalue weighted by Gasteiger charge is -2.36. The number of amides is 1. The summed E-state index contributed by atoms with van der Waals surface area (Å²) in [6, 6.07) is 19.4. The van der Waals surface area contributed by atoms with Crippen molar-refractivity contribution in [2.24, 2.45) is 17.4 Å². The molecule has 2 aromatic rings. The Morgan fingerprint density at radius 2 is 1.83 bits per heavy atom. The van der Waals surface area contributed by atoms with Crippen molar-refractivity contribution in [1.82, 2.24) is 10.9 Å². The Balaban J connectivity index is 1.70. The molecule has 1 saturated heterocycles. The van der Waals surface area contributed by atoms with Gasteiger partial charge >= 0.3 is 0 Å². The van der Waals surface area contributed by atoms with Gasteiger partial charge in [-0.05, 0) is 23.3 Å². The number of nitrogens with two attached hydrogens (primary N) is 2. The van der Waals surface area contributed by atoms with Crippen molar-refractivity contribution >= 4 is 5.91 Å². The summed E-state index contributed by atoms with van der Waals surface area (Å²) in [6.07, 6.45) is -0.381. The van der Waals surface area contributed by atoms with Crippen molar-refractivity contribution in [3.8, 4) is 11.8 Å². The zero-order valence-electron chi connectivity index (χ0n) is 15.5. The smallest absolute Gasteiger partial charge is 0.255 e. The summed E-state index contributed by atoms with van der Waals surface area (Å²) in [4.78, 5) is 10.9. The number of primary amides is 1. The highest BCUT2D eigenvalue weighted by atomic mass is 16.5. The fraction of sp³-hybridized carbons (Fsp3) is 0.238. The van der Waals surface area contributed by atoms with Gasteiger partial charge in [0, 0.05) is 11.8 Å². The van der Waals surface area contributed by atoms with Crippen LogP contribution in [-0.4, -0.2) is 18.7 Å². The summed E-state index contributed by atoms with van der Waals surface area (Å²) in [5, 5.41) is 9.79. The van der Waals surface area contributed by atoms with Crippen molar-refractivity contribution in [1.29, 1.82) is 5.26 Å². The number of nitriles is 1. The fourth-order valence-electron chi connectivity index (χ4n) is 3.97. The van der Waals surface area contributed by atoms with Crippen LogP contribution in [0.3, 0.4) is 0 Å². The molecule has 4 rings (SSSR count). The van der Waals surface area contributed by atoms with E-state index in [1.165, 1.54) is 0 Å². The molecular weight excluding hydrogens is 370 g/mol. The Morgan fingerprint density at radius 3 is 2.48 bits per heavy atom. The molecule has 0 aromatic heterocycles. The highest BCUT2D eigenvalue weighted by Crippen LogP contribution is 2.47. The van der Waals surface area contributed by atoms with Gasteiger partial charge in [-0.1, -0.05) is 42.5 Å². The zero-order chi connectivity index (χ0) is 20.4. The van der Waals surface area contributed by atoms with Crippen molar-refractivity contribution in [3.63, 3.8) is 0 Å². The third-order valence-corrected chi connectivity index (χ3v) is 5.23. The molecule has 8 heteroatoms. The lowest BCUT2D eigenvalue weighted by atomic mass is 9.74. The maximum absolute atomic E-state index is 10.9. The van der Waals surface area contributed by atoms with E-state index in [0.717, 1.165) is 11.1 Å². The molecule has 0 aliphatic carbocycles. The standard InChI is InChI=1S/C21H21N5O3/c22-10-15-17(12-6-8-14(9-7-12)28-11-16(23)27)18-19(13-4-2-1-3-5-13)25-26-21(18)29-20(15)24/h1-9,17-19,21,25-26H,11,24H2,(H2,23,27). The average molecular weight is 391 g/mol. The van der Waals surface area contributed by atoms with Crippen LogP contribution in [0.1, 0.15) is 23.1 Å². The van der Waals surface area contributed by atoms with E-state index in [1.807, 2.05) is 42.5 Å². The number of allylic oxidation sites excluding steroid dienone is 1. The summed E-state index contributed by atoms with van der Waals surface area (Å²) >= 11 is 0. The number of nitrogens with zero attached hydrogens (tertiary/aromatic N) is 1. The molecule has 1 amide bonds. The number of hydrogen-bond acceptors (Lipinski definition) is 7. The van der Waals surface area contributed by atoms with Crippen LogP contribution in [0, 0.1) is 17.2 Å². The summed E-state index contributed by atoms with van der Waals surface area (Å²) < 4.78 is 11.1. The lowest BCUT2D eigenvalue weighted by molar-refractivity contribution is -0.119. The van der Waals surface area contributed by atoms with Gasteiger partial charge in [0.05, 0.1) is 11.6 Å². The molecule has 2 aromatic carbocycles. The summed E-state index contributed by atoms with van der Waals surface area (Å²) in [5.41, 5.74) is 20.0. The molecule has 2 heterocycles. The van der Waals surface area contributed by atoms with Crippen LogP contribution < -0.4 is 27.1 Å². The van der Waals surface area contributed by atoms with Gasteiger partial charge in [-0.15, -0.1) is 0 Å². The zero-order valence-corrected chi connectivity index (χ0v) is 15.5. The second-order valence-corrected chi connectivity index (χ2v) is 6.98. The molecule has 148 valence electrons. The average Bonchev–Trinajstić information content (AvgIpc) is 3.15. The number of carbonyl (C=O) groups is 1. The molecule has 8 nitrogen and oxygen atoms in total. The highest BCUT2D eigenvalue weighted by Gasteiger charge is 2.49. The van der Waals surface area contributed by atoms with E-state index in [0.29, 0.717) is 11.3 Å². The molecule has 2 aliphatic heterocycles. The molecular formula is C21H21N5O3. The Bertz CT molecular complexity index is 968. The van der Waals surface area contributed by atoms with E-state index in [1.54, 1.807) is 12.1 Å². The number of rotatable bonds is 5. The van der Waals surface area contributed by atoms with Crippen molar-refractivity contribution in [2.45, 2.75) is 18.2 Å². The molecule has 4 unspecified atom stereocenters. The topological polar surface area (TPSA) is 135 Å². The maximum Gasteiger partial charge on any atom is 0.255 e. The lowest BCUT2D eigenvalue weighted by Crippen LogP contribution is -2.40. The van der Waals surface area contributed by atoms with E-state index in [-0.39, 0.29) is 36.6 Å². The van der Waals surface area contributed by atoms with Crippen LogP contribution in [0.4, 0.5) is 0 Å². The SMILES string of the molecule is N#CC1=C(N)OC2NNC(c3ccccc3)C2C1c1ccc(OCC(N)=O)cc1. The molecule has 6 N–H and O–H groups in total. The number of fused-ring (bicyclic) bond motifs is 1. The monoisotopic (exact) mass is 391 g/mol. The van der Waals surface area contributed by atoms with Crippen LogP contribution in [0.5, 0.6) is 5.75 Å². The number of hydrogen-bond donors (Lipinski definition) is 4. The minimum absolute atomic E-state index is 0.0755. The first-order valence-corrected chi connectivity index (χ1v) is 9.22. The van der Waals surface area contributed by atoms with Gasteiger partial charge in [0.2, 0.25) is 5.88 Å². The summed E-state index contributed by atoms with van der Waals surface area (Å²) in [6.45, 7) is -0.193. The first-order chi connectivity index (χ1) is 14.1. The highest BCUT2D eigenvalue weighted by molar-refractivity contribution is 5.75. The number of nitrogens with one attached hydrogen (secondary N) is 2. The maximum atomic E-state index is 10.9. The van der Waals surface area contributed by atoms with E-state index in [2.05, 4.69) is 16.9 Å². The van der Waals surface area contributed by atoms with Crippen LogP contribution >= 0.6 is 0 Å². The van der Waals surface area contributed by atoms with Gasteiger partial charge in [-0.25, -0.2) is 10.9 Å². The fourth-order valence-corrected chi connectivity index (χ4v) is 3.97. The largest absolute Gasteiger partial charge is 0.484 e. The predicted molar refractivity (Wildman–Crippen MR) is 105 cm³/mol. The number of ether oxygens (including phenoxy) is 2. The second-order valence-electron chi connectivity index (χ2n) is 6.98. The van der Waals surface area contributed by atoms with E-state index >= 15 is 0 Å². The van der Waals surface area contributed by atoms with Gasteiger partial charge < -0.3 is 20.9 Å². The quantitative estimate of drug-likeness (QED) is 0.600. The Morgan fingerprint density at radius 1 is 1.10 bits per heavy atom. The van der Waals surface area contributed by atoms with Crippen LogP contribution in [-0.2, 0) is 9.53 Å². The van der Waals surface area contributed by atoms with Gasteiger partial charge in [-0.2, -0.15) is 5.26 Å². The third-order valence-electron chi connectivity index (χ3n) is 5.23. The Labute approximate surface area is 168 Å². The first-order valence-electron chi connectivity index (χ1n) is 9.22. The molecule has 0 bridgehead atoms. The molecule has 0 saturated carbocycles. The number of benzene rings is 2. The van der Waals surface area contributed by atoms with Gasteiger partial charge in [0.25, 0.3) is 5.91 Å². The van der Waals surface area contributed by atoms with Crippen molar-refractivity contribution in [3.05, 3.63) is 77.2 Å². The van der Waals surface area contributed by atoms with Gasteiger partial charge in [-0.3, -0.25) is 4.79 Å². The van der Waals surface area contributed by atoms with Gasteiger partial charge in [0.15, 0.2) is 12.8 Å². The summed E-state index contributed by atoms with van der Waals surface area (Å²) in [5.74, 6) is -0.282. The van der Waals surface area contributed by atoms with Crippen LogP contribution in [0.2, 0.25) is 0 Å². The second kappa shape index (κ2) is 7.83. The van der Waals surface area contributed by atoms with Crippen LogP contribution in [0.25, 0.3) is 0 Å². The van der Waals surface area contributed by atoms with E-state index in [9.17, 15) is 10.1 Å². The van der Waals surface area contributed by atoms with Crippen molar-refractivity contribution in [2.75, 3.05) is 6.61 Å². The van der Waals surface area contributed by atoms with Crippen LogP contribution in [0.15, 0.2) is 66.1 Å². The van der Waals surface area contributed by atoms with Gasteiger partial charge in [0.1, 0.15) is 11.8 Å². The normalized spacial score (nSPS) is 25.6. The number of hydrazine groups is 1. The van der Waals surface area contributed by atoms with E-state index < -0.39 is 5.91 Å². The molecule has 29 heavy (non-hydrogen) atoms. The minimum atomic E-state index is -0.544. The molecule has 0 radical (unpaired) electrons. The first kappa shape index (κ1) is 18.8.